The number of benzene rings is 2. The molecule has 0 saturated carbocycles. The monoisotopic (exact) mass is 427 g/mol. The second-order valence-electron chi connectivity index (χ2n) is 7.01. The van der Waals surface area contributed by atoms with Gasteiger partial charge in [0.15, 0.2) is 6.61 Å². The van der Waals surface area contributed by atoms with Gasteiger partial charge >= 0.3 is 5.97 Å². The van der Waals surface area contributed by atoms with Gasteiger partial charge in [-0.05, 0) is 42.8 Å². The summed E-state index contributed by atoms with van der Waals surface area (Å²) in [4.78, 5) is 11.4. The van der Waals surface area contributed by atoms with Crippen LogP contribution in [0.15, 0.2) is 60.0 Å². The lowest BCUT2D eigenvalue weighted by Crippen LogP contribution is -2.22. The van der Waals surface area contributed by atoms with Crippen molar-refractivity contribution in [2.24, 2.45) is 5.73 Å². The lowest BCUT2D eigenvalue weighted by atomic mass is 9.84. The third-order valence-electron chi connectivity index (χ3n) is 5.09. The van der Waals surface area contributed by atoms with E-state index < -0.39 is 11.9 Å². The molecule has 32 heavy (non-hydrogen) atoms. The molecule has 9 heteroatoms. The average molecular weight is 427 g/mol. The summed E-state index contributed by atoms with van der Waals surface area (Å²) in [7, 11) is 0. The van der Waals surface area contributed by atoms with E-state index in [2.05, 4.69) is 11.2 Å². The Morgan fingerprint density at radius 3 is 2.69 bits per heavy atom. The van der Waals surface area contributed by atoms with E-state index >= 15 is 0 Å². The highest BCUT2D eigenvalue weighted by atomic mass is 16.5. The molecule has 0 bridgehead atoms. The van der Waals surface area contributed by atoms with Gasteiger partial charge in [-0.3, -0.25) is 0 Å². The Morgan fingerprint density at radius 1 is 1.28 bits per heavy atom. The number of hydrogen-bond donors (Lipinski definition) is 2. The van der Waals surface area contributed by atoms with Gasteiger partial charge in [-0.1, -0.05) is 18.2 Å². The third kappa shape index (κ3) is 3.48. The maximum absolute atomic E-state index is 11.4. The predicted octanol–water partition coefficient (Wildman–Crippen LogP) is 3.00. The van der Waals surface area contributed by atoms with Crippen LogP contribution in [0.4, 0.5) is 0 Å². The summed E-state index contributed by atoms with van der Waals surface area (Å²) in [5.74, 6) is -0.809. The van der Waals surface area contributed by atoms with Gasteiger partial charge in [0.05, 0.1) is 28.4 Å². The molecule has 1 atom stereocenters. The van der Waals surface area contributed by atoms with Gasteiger partial charge in [0.2, 0.25) is 11.8 Å². The number of fused-ring (bicyclic) bond motifs is 1. The van der Waals surface area contributed by atoms with Crippen molar-refractivity contribution in [3.63, 3.8) is 0 Å². The molecular formula is C23H17N5O4. The number of carboxylic acids is 1. The second-order valence-corrected chi connectivity index (χ2v) is 7.01. The number of ether oxygens (including phenoxy) is 2. The number of nitrogens with two attached hydrogens (primary N) is 1. The fraction of sp³-hybridized carbons (Fsp3) is 0.130. The Morgan fingerprint density at radius 2 is 2.03 bits per heavy atom. The Kier molecular flexibility index (Phi) is 5.24. The largest absolute Gasteiger partial charge is 0.479 e. The summed E-state index contributed by atoms with van der Waals surface area (Å²) < 4.78 is 12.6. The number of hydrogen-bond acceptors (Lipinski definition) is 7. The first-order valence-electron chi connectivity index (χ1n) is 9.55. The van der Waals surface area contributed by atoms with Crippen LogP contribution in [0.1, 0.15) is 33.1 Å². The maximum atomic E-state index is 11.4. The van der Waals surface area contributed by atoms with Gasteiger partial charge in [0.25, 0.3) is 0 Å². The average Bonchev–Trinajstić information content (AvgIpc) is 3.13. The smallest absolute Gasteiger partial charge is 0.335 e. The number of carbonyl (C=O) groups is 1. The molecule has 3 N–H and O–H groups in total. The Labute approximate surface area is 183 Å². The highest BCUT2D eigenvalue weighted by molar-refractivity contribution is 5.88. The number of aryl methyl sites for hydroxylation is 1. The van der Waals surface area contributed by atoms with Crippen molar-refractivity contribution in [3.8, 4) is 29.5 Å². The number of carboxylic acid groups (broad SMARTS) is 1. The molecule has 2 heterocycles. The molecule has 2 aromatic carbocycles. The Hall–Kier alpha value is -4.76. The highest BCUT2D eigenvalue weighted by Gasteiger charge is 2.36. The van der Waals surface area contributed by atoms with E-state index in [9.17, 15) is 15.2 Å². The van der Waals surface area contributed by atoms with Crippen molar-refractivity contribution >= 4 is 5.97 Å². The minimum atomic E-state index is -1.06. The molecule has 1 aliphatic heterocycles. The molecule has 0 aliphatic carbocycles. The molecule has 0 spiro atoms. The van der Waals surface area contributed by atoms with Crippen molar-refractivity contribution in [2.75, 3.05) is 6.61 Å². The molecule has 1 unspecified atom stereocenters. The molecule has 9 nitrogen and oxygen atoms in total. The second kappa shape index (κ2) is 8.17. The van der Waals surface area contributed by atoms with Gasteiger partial charge in [0.1, 0.15) is 23.5 Å². The molecule has 0 radical (unpaired) electrons. The van der Waals surface area contributed by atoms with Crippen LogP contribution in [0.3, 0.4) is 0 Å². The molecular weight excluding hydrogens is 410 g/mol. The van der Waals surface area contributed by atoms with E-state index in [1.165, 1.54) is 16.8 Å². The summed E-state index contributed by atoms with van der Waals surface area (Å²) in [5.41, 5.74) is 8.96. The molecule has 0 saturated heterocycles. The minimum absolute atomic E-state index is 0.0506. The fourth-order valence-corrected chi connectivity index (χ4v) is 3.67. The van der Waals surface area contributed by atoms with Gasteiger partial charge in [-0.2, -0.15) is 15.6 Å². The van der Waals surface area contributed by atoms with Crippen molar-refractivity contribution in [3.05, 3.63) is 82.4 Å². The maximum Gasteiger partial charge on any atom is 0.335 e. The topological polar surface area (TPSA) is 147 Å². The van der Waals surface area contributed by atoms with Crippen LogP contribution in [0.5, 0.6) is 11.6 Å². The molecule has 3 aromatic rings. The van der Waals surface area contributed by atoms with Gasteiger partial charge in [0, 0.05) is 0 Å². The van der Waals surface area contributed by atoms with Crippen LogP contribution in [0.25, 0.3) is 5.69 Å². The Bertz CT molecular complexity index is 1330. The SMILES string of the molecule is Cc1nn(-c2cccc(C(=O)O)c2)c2c1C(c1ccc(OCC#N)cc1)C(C#N)=C(N)O2. The number of aromatic nitrogens is 2. The van der Waals surface area contributed by atoms with Gasteiger partial charge in [-0.25, -0.2) is 9.48 Å². The summed E-state index contributed by atoms with van der Waals surface area (Å²) >= 11 is 0. The van der Waals surface area contributed by atoms with Crippen molar-refractivity contribution < 1.29 is 19.4 Å². The summed E-state index contributed by atoms with van der Waals surface area (Å²) in [6, 6.07) is 17.3. The first-order chi connectivity index (χ1) is 15.4. The summed E-state index contributed by atoms with van der Waals surface area (Å²) in [5, 5.41) is 32.3. The number of nitrogens with zero attached hydrogens (tertiary/aromatic N) is 4. The van der Waals surface area contributed by atoms with Crippen LogP contribution >= 0.6 is 0 Å². The zero-order valence-electron chi connectivity index (χ0n) is 16.9. The minimum Gasteiger partial charge on any atom is -0.479 e. The number of rotatable bonds is 5. The van der Waals surface area contributed by atoms with Crippen molar-refractivity contribution in [1.29, 1.82) is 10.5 Å². The van der Waals surface area contributed by atoms with Crippen molar-refractivity contribution in [1.82, 2.24) is 9.78 Å². The predicted molar refractivity (Wildman–Crippen MR) is 112 cm³/mol. The standard InChI is InChI=1S/C23H17N5O4/c1-13-19-20(14-5-7-17(8-6-14)31-10-9-24)18(12-25)21(26)32-22(19)28(27-13)16-4-2-3-15(11-16)23(29)30/h2-8,11,20H,10,26H2,1H3,(H,29,30). The fourth-order valence-electron chi connectivity index (χ4n) is 3.67. The van der Waals surface area contributed by atoms with Crippen LogP contribution in [0, 0.1) is 29.6 Å². The van der Waals surface area contributed by atoms with E-state index in [0.717, 1.165) is 5.56 Å². The normalized spacial score (nSPS) is 14.7. The molecule has 1 aromatic heterocycles. The van der Waals surface area contributed by atoms with E-state index in [0.29, 0.717) is 28.6 Å². The van der Waals surface area contributed by atoms with Crippen LogP contribution in [0.2, 0.25) is 0 Å². The van der Waals surface area contributed by atoms with E-state index in [1.54, 1.807) is 43.3 Å². The summed E-state index contributed by atoms with van der Waals surface area (Å²) in [6.45, 7) is 1.71. The van der Waals surface area contributed by atoms with E-state index in [4.69, 9.17) is 20.5 Å². The van der Waals surface area contributed by atoms with E-state index in [1.807, 2.05) is 6.07 Å². The lowest BCUT2D eigenvalue weighted by molar-refractivity contribution is 0.0697. The zero-order valence-corrected chi connectivity index (χ0v) is 16.9. The van der Waals surface area contributed by atoms with Gasteiger partial charge < -0.3 is 20.3 Å². The lowest BCUT2D eigenvalue weighted by Gasteiger charge is -2.25. The first-order valence-corrected chi connectivity index (χ1v) is 9.55. The van der Waals surface area contributed by atoms with Crippen LogP contribution in [-0.4, -0.2) is 27.5 Å². The third-order valence-corrected chi connectivity index (χ3v) is 5.09. The number of aromatic carboxylic acids is 1. The molecule has 158 valence electrons. The molecule has 1 aliphatic rings. The van der Waals surface area contributed by atoms with Crippen molar-refractivity contribution in [2.45, 2.75) is 12.8 Å². The van der Waals surface area contributed by atoms with Gasteiger partial charge in [-0.15, -0.1) is 0 Å². The summed E-state index contributed by atoms with van der Waals surface area (Å²) in [6.07, 6.45) is 0. The van der Waals surface area contributed by atoms with Crippen LogP contribution < -0.4 is 15.2 Å². The molecule has 0 fully saturated rings. The Balaban J connectivity index is 1.84. The molecule has 0 amide bonds. The first kappa shape index (κ1) is 20.5. The van der Waals surface area contributed by atoms with Crippen LogP contribution in [-0.2, 0) is 0 Å². The number of nitriles is 2. The number of allylic oxidation sites excluding steroid dienone is 1. The quantitative estimate of drug-likeness (QED) is 0.631. The molecule has 4 rings (SSSR count). The highest BCUT2D eigenvalue weighted by Crippen LogP contribution is 2.44. The zero-order chi connectivity index (χ0) is 22.8. The van der Waals surface area contributed by atoms with E-state index in [-0.39, 0.29) is 23.6 Å².